The van der Waals surface area contributed by atoms with Gasteiger partial charge in [-0.05, 0) is 24.4 Å². The molecule has 1 aliphatic rings. The minimum Gasteiger partial charge on any atom is -0.318 e. The predicted octanol–water partition coefficient (Wildman–Crippen LogP) is 1.04. The molecular formula is C7H9N3S. The molecule has 0 saturated carbocycles. The molecule has 3 nitrogen and oxygen atoms in total. The van der Waals surface area contributed by atoms with E-state index >= 15 is 0 Å². The van der Waals surface area contributed by atoms with Crippen molar-refractivity contribution < 1.29 is 0 Å². The van der Waals surface area contributed by atoms with Crippen LogP contribution in [-0.4, -0.2) is 9.36 Å². The van der Waals surface area contributed by atoms with Gasteiger partial charge in [-0.3, -0.25) is 0 Å². The highest BCUT2D eigenvalue weighted by molar-refractivity contribution is 7.03. The van der Waals surface area contributed by atoms with Gasteiger partial charge in [-0.1, -0.05) is 12.2 Å². The van der Waals surface area contributed by atoms with Crippen molar-refractivity contribution in [1.82, 2.24) is 9.36 Å². The number of hydrogen-bond donors (Lipinski definition) is 1. The van der Waals surface area contributed by atoms with Gasteiger partial charge < -0.3 is 5.73 Å². The van der Waals surface area contributed by atoms with Gasteiger partial charge in [0, 0.05) is 0 Å². The van der Waals surface area contributed by atoms with Crippen molar-refractivity contribution in [2.24, 2.45) is 5.73 Å². The molecule has 0 aromatic carbocycles. The van der Waals surface area contributed by atoms with Crippen LogP contribution in [0, 0.1) is 0 Å². The monoisotopic (exact) mass is 167 g/mol. The van der Waals surface area contributed by atoms with Crippen molar-refractivity contribution in [2.45, 2.75) is 18.4 Å². The lowest BCUT2D eigenvalue weighted by Crippen LogP contribution is -2.34. The van der Waals surface area contributed by atoms with E-state index in [-0.39, 0.29) is 5.54 Å². The molecule has 0 unspecified atom stereocenters. The van der Waals surface area contributed by atoms with Crippen LogP contribution in [0.3, 0.4) is 0 Å². The molecule has 2 N–H and O–H groups in total. The van der Waals surface area contributed by atoms with Crippen LogP contribution in [0.4, 0.5) is 0 Å². The summed E-state index contributed by atoms with van der Waals surface area (Å²) < 4.78 is 4.14. The van der Waals surface area contributed by atoms with Crippen LogP contribution < -0.4 is 5.73 Å². The molecule has 1 aromatic rings. The lowest BCUT2D eigenvalue weighted by molar-refractivity contribution is 0.454. The lowest BCUT2D eigenvalue weighted by Gasteiger charge is -2.18. The van der Waals surface area contributed by atoms with E-state index < -0.39 is 0 Å². The van der Waals surface area contributed by atoms with Crippen LogP contribution in [0.25, 0.3) is 0 Å². The molecule has 4 heteroatoms. The SMILES string of the molecule is NC1(c2ncsn2)CC=CC1. The molecule has 0 fully saturated rings. The summed E-state index contributed by atoms with van der Waals surface area (Å²) >= 11 is 1.36. The van der Waals surface area contributed by atoms with E-state index in [1.54, 1.807) is 5.51 Å². The van der Waals surface area contributed by atoms with Crippen molar-refractivity contribution in [2.75, 3.05) is 0 Å². The predicted molar refractivity (Wildman–Crippen MR) is 44.1 cm³/mol. The summed E-state index contributed by atoms with van der Waals surface area (Å²) in [6.45, 7) is 0. The van der Waals surface area contributed by atoms with Crippen LogP contribution in [0.15, 0.2) is 17.7 Å². The molecule has 58 valence electrons. The summed E-state index contributed by atoms with van der Waals surface area (Å²) in [5.41, 5.74) is 7.46. The maximum absolute atomic E-state index is 6.04. The topological polar surface area (TPSA) is 51.8 Å². The zero-order valence-corrected chi connectivity index (χ0v) is 6.84. The maximum Gasteiger partial charge on any atom is 0.162 e. The van der Waals surface area contributed by atoms with E-state index in [1.165, 1.54) is 11.5 Å². The molecule has 11 heavy (non-hydrogen) atoms. The van der Waals surface area contributed by atoms with E-state index in [4.69, 9.17) is 5.73 Å². The lowest BCUT2D eigenvalue weighted by atomic mass is 9.98. The Kier molecular flexibility index (Phi) is 1.51. The highest BCUT2D eigenvalue weighted by Gasteiger charge is 2.31. The molecule has 1 aromatic heterocycles. The molecule has 1 aliphatic carbocycles. The standard InChI is InChI=1S/C7H9N3S/c8-7(3-1-2-4-7)6-9-5-11-10-6/h1-2,5H,3-4,8H2. The maximum atomic E-state index is 6.04. The van der Waals surface area contributed by atoms with E-state index in [0.29, 0.717) is 0 Å². The summed E-state index contributed by atoms with van der Waals surface area (Å²) in [6.07, 6.45) is 5.90. The van der Waals surface area contributed by atoms with Crippen molar-refractivity contribution in [3.05, 3.63) is 23.5 Å². The van der Waals surface area contributed by atoms with Gasteiger partial charge in [0.25, 0.3) is 0 Å². The van der Waals surface area contributed by atoms with Crippen LogP contribution in [0.5, 0.6) is 0 Å². The zero-order chi connectivity index (χ0) is 7.73. The molecular weight excluding hydrogens is 158 g/mol. The van der Waals surface area contributed by atoms with E-state index in [1.807, 2.05) is 0 Å². The third-order valence-corrected chi connectivity index (χ3v) is 2.42. The number of nitrogens with zero attached hydrogens (tertiary/aromatic N) is 2. The largest absolute Gasteiger partial charge is 0.318 e. The molecule has 0 saturated heterocycles. The number of aromatic nitrogens is 2. The Morgan fingerprint density at radius 3 is 2.73 bits per heavy atom. The normalized spacial score (nSPS) is 20.8. The van der Waals surface area contributed by atoms with E-state index in [2.05, 4.69) is 21.5 Å². The Balaban J connectivity index is 2.29. The number of rotatable bonds is 1. The van der Waals surface area contributed by atoms with Crippen molar-refractivity contribution in [3.8, 4) is 0 Å². The molecule has 0 bridgehead atoms. The molecule has 0 aliphatic heterocycles. The molecule has 0 atom stereocenters. The first kappa shape index (κ1) is 6.94. The quantitative estimate of drug-likeness (QED) is 0.636. The molecule has 2 rings (SSSR count). The second kappa shape index (κ2) is 2.39. The summed E-state index contributed by atoms with van der Waals surface area (Å²) in [5.74, 6) is 0.785. The Morgan fingerprint density at radius 2 is 2.18 bits per heavy atom. The van der Waals surface area contributed by atoms with Gasteiger partial charge >= 0.3 is 0 Å². The average molecular weight is 167 g/mol. The van der Waals surface area contributed by atoms with Gasteiger partial charge in [-0.15, -0.1) is 0 Å². The van der Waals surface area contributed by atoms with Crippen LogP contribution in [0.1, 0.15) is 18.7 Å². The van der Waals surface area contributed by atoms with E-state index in [0.717, 1.165) is 18.7 Å². The molecule has 1 heterocycles. The summed E-state index contributed by atoms with van der Waals surface area (Å²) in [7, 11) is 0. The second-order valence-corrected chi connectivity index (χ2v) is 3.39. The van der Waals surface area contributed by atoms with Crippen molar-refractivity contribution >= 4 is 11.5 Å². The smallest absolute Gasteiger partial charge is 0.162 e. The summed E-state index contributed by atoms with van der Waals surface area (Å²) in [5, 5.41) is 0. The minimum absolute atomic E-state index is 0.306. The van der Waals surface area contributed by atoms with Gasteiger partial charge in [0.05, 0.1) is 5.54 Å². The second-order valence-electron chi connectivity index (χ2n) is 2.79. The summed E-state index contributed by atoms with van der Waals surface area (Å²) in [4.78, 5) is 4.11. The first-order chi connectivity index (χ1) is 5.31. The zero-order valence-electron chi connectivity index (χ0n) is 6.03. The van der Waals surface area contributed by atoms with Gasteiger partial charge in [0.2, 0.25) is 0 Å². The highest BCUT2D eigenvalue weighted by atomic mass is 32.1. The van der Waals surface area contributed by atoms with Gasteiger partial charge in [0.1, 0.15) is 5.51 Å². The number of hydrogen-bond acceptors (Lipinski definition) is 4. The van der Waals surface area contributed by atoms with Gasteiger partial charge in [-0.25, -0.2) is 4.98 Å². The third kappa shape index (κ3) is 1.08. The Labute approximate surface area is 69.1 Å². The fourth-order valence-electron chi connectivity index (χ4n) is 1.24. The first-order valence-corrected chi connectivity index (χ1v) is 4.36. The van der Waals surface area contributed by atoms with Crippen LogP contribution in [-0.2, 0) is 5.54 Å². The Morgan fingerprint density at radius 1 is 1.45 bits per heavy atom. The van der Waals surface area contributed by atoms with Crippen LogP contribution >= 0.6 is 11.5 Å². The Hall–Kier alpha value is -0.740. The van der Waals surface area contributed by atoms with Gasteiger partial charge in [0.15, 0.2) is 5.82 Å². The number of nitrogens with two attached hydrogens (primary N) is 1. The van der Waals surface area contributed by atoms with Crippen LogP contribution in [0.2, 0.25) is 0 Å². The van der Waals surface area contributed by atoms with Crippen molar-refractivity contribution in [1.29, 1.82) is 0 Å². The Bertz CT molecular complexity index is 257. The third-order valence-electron chi connectivity index (χ3n) is 1.94. The van der Waals surface area contributed by atoms with Gasteiger partial charge in [-0.2, -0.15) is 4.37 Å². The first-order valence-electron chi connectivity index (χ1n) is 3.52. The molecule has 0 spiro atoms. The minimum atomic E-state index is -0.306. The fourth-order valence-corrected chi connectivity index (χ4v) is 1.77. The fraction of sp³-hybridized carbons (Fsp3) is 0.429. The van der Waals surface area contributed by atoms with Crippen molar-refractivity contribution in [3.63, 3.8) is 0 Å². The molecule has 0 radical (unpaired) electrons. The molecule has 0 amide bonds. The summed E-state index contributed by atoms with van der Waals surface area (Å²) in [6, 6.07) is 0. The highest BCUT2D eigenvalue weighted by Crippen LogP contribution is 2.29. The van der Waals surface area contributed by atoms with E-state index in [9.17, 15) is 0 Å². The average Bonchev–Trinajstić information content (AvgIpc) is 2.55.